The Morgan fingerprint density at radius 2 is 1.79 bits per heavy atom. The lowest BCUT2D eigenvalue weighted by Crippen LogP contribution is -2.43. The number of sulfone groups is 1. The van der Waals surface area contributed by atoms with E-state index in [1.165, 1.54) is 6.26 Å². The van der Waals surface area contributed by atoms with E-state index in [0.29, 0.717) is 24.4 Å². The van der Waals surface area contributed by atoms with Gasteiger partial charge in [0.15, 0.2) is 9.84 Å². The fourth-order valence-corrected chi connectivity index (χ4v) is 4.08. The molecule has 0 aliphatic carbocycles. The van der Waals surface area contributed by atoms with Gasteiger partial charge in [0.1, 0.15) is 5.60 Å². The molecule has 7 heteroatoms. The number of hydrogen-bond donors (Lipinski definition) is 1. The number of aliphatic hydroxyl groups excluding tert-OH is 1. The molecular formula is C21H33NO5S. The van der Waals surface area contributed by atoms with Crippen molar-refractivity contribution in [2.45, 2.75) is 69.5 Å². The zero-order valence-corrected chi connectivity index (χ0v) is 18.2. The molecule has 1 saturated heterocycles. The predicted molar refractivity (Wildman–Crippen MR) is 109 cm³/mol. The van der Waals surface area contributed by atoms with Gasteiger partial charge in [0.05, 0.1) is 11.0 Å². The molecule has 6 nitrogen and oxygen atoms in total. The molecule has 0 spiro atoms. The third kappa shape index (κ3) is 7.09. The van der Waals surface area contributed by atoms with E-state index in [1.54, 1.807) is 17.0 Å². The number of carbonyl (C=O) groups excluding carboxylic acids is 1. The number of piperidine rings is 1. The summed E-state index contributed by atoms with van der Waals surface area (Å²) in [7, 11) is -3.17. The number of aliphatic hydroxyl groups is 1. The molecule has 1 heterocycles. The SMILES string of the molecule is CC(C)(C)OC(=O)N1CCC(C(O)CCCc2ccc(S(C)(=O)=O)cc2)CC1. The summed E-state index contributed by atoms with van der Waals surface area (Å²) in [6.45, 7) is 6.80. The van der Waals surface area contributed by atoms with Gasteiger partial charge in [0.25, 0.3) is 0 Å². The first-order chi connectivity index (χ1) is 13.0. The lowest BCUT2D eigenvalue weighted by atomic mass is 9.88. The summed E-state index contributed by atoms with van der Waals surface area (Å²) in [6.07, 6.45) is 4.45. The molecule has 0 aromatic heterocycles. The molecule has 28 heavy (non-hydrogen) atoms. The second kappa shape index (κ2) is 9.27. The summed E-state index contributed by atoms with van der Waals surface area (Å²) in [5.74, 6) is 0.200. The molecule has 1 aromatic rings. The first-order valence-electron chi connectivity index (χ1n) is 9.91. The molecule has 1 atom stereocenters. The lowest BCUT2D eigenvalue weighted by molar-refractivity contribution is 0.00665. The van der Waals surface area contributed by atoms with Crippen LogP contribution in [0.25, 0.3) is 0 Å². The van der Waals surface area contributed by atoms with Gasteiger partial charge in [-0.2, -0.15) is 0 Å². The molecule has 1 aromatic carbocycles. The molecule has 0 bridgehead atoms. The standard InChI is InChI=1S/C21H33NO5S/c1-21(2,3)27-20(24)22-14-12-17(13-15-22)19(23)7-5-6-16-8-10-18(11-9-16)28(4,25)26/h8-11,17,19,23H,5-7,12-15H2,1-4H3. The largest absolute Gasteiger partial charge is 0.444 e. The monoisotopic (exact) mass is 411 g/mol. The van der Waals surface area contributed by atoms with Crippen molar-refractivity contribution in [3.63, 3.8) is 0 Å². The maximum Gasteiger partial charge on any atom is 0.410 e. The molecule has 0 radical (unpaired) electrons. The van der Waals surface area contributed by atoms with Gasteiger partial charge in [-0.15, -0.1) is 0 Å². The van der Waals surface area contributed by atoms with Gasteiger partial charge in [0, 0.05) is 19.3 Å². The van der Waals surface area contributed by atoms with Crippen LogP contribution in [0.4, 0.5) is 4.79 Å². The highest BCUT2D eigenvalue weighted by atomic mass is 32.2. The van der Waals surface area contributed by atoms with Crippen LogP contribution >= 0.6 is 0 Å². The summed E-state index contributed by atoms with van der Waals surface area (Å²) in [4.78, 5) is 14.2. The number of aryl methyl sites for hydroxylation is 1. The Morgan fingerprint density at radius 3 is 2.29 bits per heavy atom. The van der Waals surface area contributed by atoms with Crippen molar-refractivity contribution < 1.29 is 23.1 Å². The van der Waals surface area contributed by atoms with Crippen molar-refractivity contribution in [3.05, 3.63) is 29.8 Å². The predicted octanol–water partition coefficient (Wildman–Crippen LogP) is 3.42. The van der Waals surface area contributed by atoms with E-state index in [4.69, 9.17) is 4.74 Å². The number of ether oxygens (including phenoxy) is 1. The second-order valence-corrected chi connectivity index (χ2v) is 10.7. The number of amides is 1. The molecule has 2 rings (SSSR count). The Hall–Kier alpha value is -1.60. The smallest absolute Gasteiger partial charge is 0.410 e. The molecular weight excluding hydrogens is 378 g/mol. The molecule has 1 unspecified atom stereocenters. The van der Waals surface area contributed by atoms with Crippen LogP contribution in [0.2, 0.25) is 0 Å². The Labute approximate surface area is 168 Å². The Kier molecular flexibility index (Phi) is 7.51. The van der Waals surface area contributed by atoms with E-state index in [1.807, 2.05) is 32.9 Å². The number of hydrogen-bond acceptors (Lipinski definition) is 5. The van der Waals surface area contributed by atoms with Crippen LogP contribution in [0.3, 0.4) is 0 Å². The van der Waals surface area contributed by atoms with E-state index in [-0.39, 0.29) is 18.1 Å². The maximum atomic E-state index is 12.1. The quantitative estimate of drug-likeness (QED) is 0.775. The highest BCUT2D eigenvalue weighted by Gasteiger charge is 2.29. The van der Waals surface area contributed by atoms with Gasteiger partial charge in [-0.25, -0.2) is 13.2 Å². The van der Waals surface area contributed by atoms with Crippen molar-refractivity contribution >= 4 is 15.9 Å². The molecule has 1 amide bonds. The van der Waals surface area contributed by atoms with Crippen LogP contribution in [0.15, 0.2) is 29.2 Å². The third-order valence-electron chi connectivity index (χ3n) is 5.05. The fraction of sp³-hybridized carbons (Fsp3) is 0.667. The number of benzene rings is 1. The van der Waals surface area contributed by atoms with Crippen molar-refractivity contribution in [2.24, 2.45) is 5.92 Å². The first kappa shape index (κ1) is 22.7. The van der Waals surface area contributed by atoms with Crippen LogP contribution in [0, 0.1) is 5.92 Å². The van der Waals surface area contributed by atoms with Gasteiger partial charge in [0.2, 0.25) is 0 Å². The van der Waals surface area contributed by atoms with Crippen LogP contribution in [0.5, 0.6) is 0 Å². The minimum Gasteiger partial charge on any atom is -0.444 e. The van der Waals surface area contributed by atoms with E-state index in [2.05, 4.69) is 0 Å². The van der Waals surface area contributed by atoms with Crippen molar-refractivity contribution in [2.75, 3.05) is 19.3 Å². The summed E-state index contributed by atoms with van der Waals surface area (Å²) in [5, 5.41) is 10.5. The van der Waals surface area contributed by atoms with Crippen LogP contribution in [0.1, 0.15) is 52.0 Å². The van der Waals surface area contributed by atoms with Crippen LogP contribution in [-0.4, -0.2) is 55.6 Å². The normalized spacial score (nSPS) is 17.4. The topological polar surface area (TPSA) is 83.9 Å². The average Bonchev–Trinajstić information content (AvgIpc) is 2.60. The third-order valence-corrected chi connectivity index (χ3v) is 6.18. The van der Waals surface area contributed by atoms with E-state index in [0.717, 1.165) is 31.2 Å². The molecule has 1 fully saturated rings. The fourth-order valence-electron chi connectivity index (χ4n) is 3.45. The summed E-state index contributed by atoms with van der Waals surface area (Å²) >= 11 is 0. The van der Waals surface area contributed by atoms with Gasteiger partial charge >= 0.3 is 6.09 Å². The number of nitrogens with zero attached hydrogens (tertiary/aromatic N) is 1. The molecule has 1 N–H and O–H groups in total. The highest BCUT2D eigenvalue weighted by Crippen LogP contribution is 2.25. The van der Waals surface area contributed by atoms with E-state index >= 15 is 0 Å². The molecule has 1 aliphatic rings. The molecule has 158 valence electrons. The zero-order chi connectivity index (χ0) is 20.9. The lowest BCUT2D eigenvalue weighted by Gasteiger charge is -2.35. The summed E-state index contributed by atoms with van der Waals surface area (Å²) in [5.41, 5.74) is 0.576. The van der Waals surface area contributed by atoms with Gasteiger partial charge < -0.3 is 14.7 Å². The number of likely N-dealkylation sites (tertiary alicyclic amines) is 1. The van der Waals surface area contributed by atoms with Gasteiger partial charge in [-0.1, -0.05) is 12.1 Å². The minimum absolute atomic E-state index is 0.200. The highest BCUT2D eigenvalue weighted by molar-refractivity contribution is 7.90. The first-order valence-corrected chi connectivity index (χ1v) is 11.8. The van der Waals surface area contributed by atoms with Crippen molar-refractivity contribution in [3.8, 4) is 0 Å². The summed E-state index contributed by atoms with van der Waals surface area (Å²) < 4.78 is 28.4. The minimum atomic E-state index is -3.17. The summed E-state index contributed by atoms with van der Waals surface area (Å²) in [6, 6.07) is 6.94. The number of rotatable bonds is 6. The zero-order valence-electron chi connectivity index (χ0n) is 17.3. The van der Waals surface area contributed by atoms with Crippen LogP contribution in [-0.2, 0) is 21.0 Å². The Morgan fingerprint density at radius 1 is 1.21 bits per heavy atom. The van der Waals surface area contributed by atoms with E-state index < -0.39 is 15.4 Å². The van der Waals surface area contributed by atoms with Crippen LogP contribution < -0.4 is 0 Å². The Balaban J connectivity index is 1.73. The second-order valence-electron chi connectivity index (χ2n) is 8.68. The van der Waals surface area contributed by atoms with Crippen molar-refractivity contribution in [1.29, 1.82) is 0 Å². The maximum absolute atomic E-state index is 12.1. The van der Waals surface area contributed by atoms with Gasteiger partial charge in [-0.3, -0.25) is 0 Å². The van der Waals surface area contributed by atoms with Gasteiger partial charge in [-0.05, 0) is 76.5 Å². The Bertz CT molecular complexity index is 744. The average molecular weight is 412 g/mol. The van der Waals surface area contributed by atoms with E-state index in [9.17, 15) is 18.3 Å². The van der Waals surface area contributed by atoms with Crippen molar-refractivity contribution in [1.82, 2.24) is 4.90 Å². The molecule has 1 aliphatic heterocycles. The number of carbonyl (C=O) groups is 1. The molecule has 0 saturated carbocycles.